The SMILES string of the molecule is CC1=NC(c2ccccc2)=C(c2ccccc2)C1.CCC(=O)C(C)C. The van der Waals surface area contributed by atoms with Crippen LogP contribution in [0.2, 0.25) is 0 Å². The molecule has 2 nitrogen and oxygen atoms in total. The van der Waals surface area contributed by atoms with Crippen molar-refractivity contribution in [2.45, 2.75) is 40.5 Å². The topological polar surface area (TPSA) is 29.4 Å². The molecule has 0 aliphatic carbocycles. The Morgan fingerprint density at radius 3 is 1.92 bits per heavy atom. The van der Waals surface area contributed by atoms with Crippen LogP contribution in [0.3, 0.4) is 0 Å². The third-order valence-electron chi connectivity index (χ3n) is 4.18. The molecule has 1 aliphatic heterocycles. The van der Waals surface area contributed by atoms with Crippen LogP contribution >= 0.6 is 0 Å². The van der Waals surface area contributed by atoms with Gasteiger partial charge in [-0.2, -0.15) is 0 Å². The maximum Gasteiger partial charge on any atom is 0.135 e. The predicted octanol–water partition coefficient (Wildman–Crippen LogP) is 6.04. The van der Waals surface area contributed by atoms with Gasteiger partial charge in [-0.3, -0.25) is 9.79 Å². The highest BCUT2D eigenvalue weighted by Crippen LogP contribution is 2.35. The number of carbonyl (C=O) groups is 1. The third-order valence-corrected chi connectivity index (χ3v) is 4.18. The summed E-state index contributed by atoms with van der Waals surface area (Å²) in [5.74, 6) is 0.574. The highest BCUT2D eigenvalue weighted by Gasteiger charge is 2.17. The molecule has 130 valence electrons. The number of nitrogens with zero attached hydrogens (tertiary/aromatic N) is 1. The molecule has 0 aromatic heterocycles. The standard InChI is InChI=1S/C17H15N.C6H12O/c1-13-12-16(14-8-4-2-5-9-14)17(18-13)15-10-6-3-7-11-15;1-4-6(7)5(2)3/h2-11H,12H2,1H3;5H,4H2,1-3H3. The summed E-state index contributed by atoms with van der Waals surface area (Å²) in [6.07, 6.45) is 1.63. The van der Waals surface area contributed by atoms with Gasteiger partial charge in [0, 0.05) is 30.0 Å². The van der Waals surface area contributed by atoms with E-state index >= 15 is 0 Å². The van der Waals surface area contributed by atoms with Crippen LogP contribution in [0.5, 0.6) is 0 Å². The second-order valence-electron chi connectivity index (χ2n) is 6.56. The molecule has 2 heteroatoms. The molecule has 2 aromatic carbocycles. The number of allylic oxidation sites excluding steroid dienone is 1. The van der Waals surface area contributed by atoms with Crippen LogP contribution in [-0.4, -0.2) is 11.5 Å². The molecule has 0 radical (unpaired) electrons. The van der Waals surface area contributed by atoms with Crippen molar-refractivity contribution in [2.24, 2.45) is 10.9 Å². The lowest BCUT2D eigenvalue weighted by molar-refractivity contribution is -0.121. The van der Waals surface area contributed by atoms with E-state index < -0.39 is 0 Å². The Balaban J connectivity index is 0.000000277. The van der Waals surface area contributed by atoms with E-state index in [1.54, 1.807) is 0 Å². The quantitative estimate of drug-likeness (QED) is 0.670. The van der Waals surface area contributed by atoms with E-state index in [0.29, 0.717) is 12.2 Å². The van der Waals surface area contributed by atoms with Crippen LogP contribution in [0, 0.1) is 5.92 Å². The van der Waals surface area contributed by atoms with Crippen LogP contribution in [0.4, 0.5) is 0 Å². The van der Waals surface area contributed by atoms with E-state index in [-0.39, 0.29) is 5.92 Å². The van der Waals surface area contributed by atoms with Crippen LogP contribution in [0.1, 0.15) is 51.7 Å². The Labute approximate surface area is 151 Å². The largest absolute Gasteiger partial charge is 0.299 e. The summed E-state index contributed by atoms with van der Waals surface area (Å²) in [4.78, 5) is 15.2. The lowest BCUT2D eigenvalue weighted by atomic mass is 9.98. The average Bonchev–Trinajstić information content (AvgIpc) is 3.05. The molecule has 0 fully saturated rings. The smallest absolute Gasteiger partial charge is 0.135 e. The molecule has 2 aromatic rings. The second-order valence-corrected chi connectivity index (χ2v) is 6.56. The summed E-state index contributed by atoms with van der Waals surface area (Å²) < 4.78 is 0. The summed E-state index contributed by atoms with van der Waals surface area (Å²) in [5, 5.41) is 0. The first-order valence-electron chi connectivity index (χ1n) is 8.93. The number of Topliss-reactive ketones (excluding diaryl/α,β-unsaturated/α-hetero) is 1. The zero-order chi connectivity index (χ0) is 18.2. The highest BCUT2D eigenvalue weighted by atomic mass is 16.1. The molecular weight excluding hydrogens is 306 g/mol. The van der Waals surface area contributed by atoms with E-state index in [9.17, 15) is 4.79 Å². The van der Waals surface area contributed by atoms with Gasteiger partial charge in [-0.25, -0.2) is 0 Å². The second kappa shape index (κ2) is 9.12. The minimum Gasteiger partial charge on any atom is -0.299 e. The van der Waals surface area contributed by atoms with Crippen molar-refractivity contribution in [2.75, 3.05) is 0 Å². The van der Waals surface area contributed by atoms with E-state index in [1.165, 1.54) is 22.4 Å². The molecule has 0 saturated carbocycles. The van der Waals surface area contributed by atoms with Crippen LogP contribution in [-0.2, 0) is 4.79 Å². The molecule has 1 heterocycles. The summed E-state index contributed by atoms with van der Waals surface area (Å²) >= 11 is 0. The molecule has 25 heavy (non-hydrogen) atoms. The fourth-order valence-electron chi connectivity index (χ4n) is 2.76. The van der Waals surface area contributed by atoms with Crippen molar-refractivity contribution in [3.05, 3.63) is 71.8 Å². The number of hydrogen-bond donors (Lipinski definition) is 0. The van der Waals surface area contributed by atoms with Gasteiger partial charge in [0.2, 0.25) is 0 Å². The molecule has 0 bridgehead atoms. The van der Waals surface area contributed by atoms with Gasteiger partial charge in [-0.1, -0.05) is 81.4 Å². The summed E-state index contributed by atoms with van der Waals surface area (Å²) in [5.41, 5.74) is 6.12. The maximum absolute atomic E-state index is 10.5. The molecule has 0 atom stereocenters. The van der Waals surface area contributed by atoms with E-state index in [4.69, 9.17) is 4.99 Å². The first-order valence-corrected chi connectivity index (χ1v) is 8.93. The molecule has 0 unspecified atom stereocenters. The predicted molar refractivity (Wildman–Crippen MR) is 108 cm³/mol. The minimum atomic E-state index is 0.227. The van der Waals surface area contributed by atoms with Crippen molar-refractivity contribution in [3.8, 4) is 0 Å². The van der Waals surface area contributed by atoms with Crippen LogP contribution in [0.15, 0.2) is 65.7 Å². The molecule has 0 N–H and O–H groups in total. The fraction of sp³-hybridized carbons (Fsp3) is 0.304. The van der Waals surface area contributed by atoms with Crippen LogP contribution < -0.4 is 0 Å². The number of hydrogen-bond acceptors (Lipinski definition) is 2. The number of rotatable bonds is 4. The van der Waals surface area contributed by atoms with Crippen molar-refractivity contribution in [1.82, 2.24) is 0 Å². The summed E-state index contributed by atoms with van der Waals surface area (Å²) in [6, 6.07) is 21.0. The normalized spacial score (nSPS) is 13.4. The highest BCUT2D eigenvalue weighted by molar-refractivity contribution is 6.09. The number of aliphatic imine (C=N–C) groups is 1. The van der Waals surface area contributed by atoms with Gasteiger partial charge < -0.3 is 0 Å². The molecular formula is C23H27NO. The lowest BCUT2D eigenvalue weighted by Crippen LogP contribution is -2.03. The van der Waals surface area contributed by atoms with Gasteiger partial charge in [0.25, 0.3) is 0 Å². The first-order chi connectivity index (χ1) is 12.0. The fourth-order valence-corrected chi connectivity index (χ4v) is 2.76. The van der Waals surface area contributed by atoms with Crippen molar-refractivity contribution in [1.29, 1.82) is 0 Å². The Kier molecular flexibility index (Phi) is 6.88. The first kappa shape index (κ1) is 18.9. The van der Waals surface area contributed by atoms with Crippen molar-refractivity contribution >= 4 is 22.8 Å². The molecule has 0 saturated heterocycles. The monoisotopic (exact) mass is 333 g/mol. The van der Waals surface area contributed by atoms with E-state index in [1.807, 2.05) is 26.8 Å². The average molecular weight is 333 g/mol. The molecule has 0 amide bonds. The molecule has 0 spiro atoms. The van der Waals surface area contributed by atoms with Gasteiger partial charge in [-0.05, 0) is 18.1 Å². The zero-order valence-electron chi connectivity index (χ0n) is 15.6. The van der Waals surface area contributed by atoms with Gasteiger partial charge in [0.1, 0.15) is 5.78 Å². The van der Waals surface area contributed by atoms with Crippen molar-refractivity contribution < 1.29 is 4.79 Å². The maximum atomic E-state index is 10.5. The number of carbonyl (C=O) groups excluding carboxylic acids is 1. The molecule has 1 aliphatic rings. The van der Waals surface area contributed by atoms with E-state index in [0.717, 1.165) is 12.1 Å². The summed E-state index contributed by atoms with van der Waals surface area (Å²) in [6.45, 7) is 7.83. The van der Waals surface area contributed by atoms with Gasteiger partial charge >= 0.3 is 0 Å². The zero-order valence-corrected chi connectivity index (χ0v) is 15.6. The molecule has 3 rings (SSSR count). The Morgan fingerprint density at radius 1 is 0.960 bits per heavy atom. The lowest BCUT2D eigenvalue weighted by Gasteiger charge is -2.06. The Morgan fingerprint density at radius 2 is 1.48 bits per heavy atom. The van der Waals surface area contributed by atoms with Gasteiger partial charge in [0.15, 0.2) is 0 Å². The Bertz CT molecular complexity index is 755. The third kappa shape index (κ3) is 5.25. The van der Waals surface area contributed by atoms with Crippen molar-refractivity contribution in [3.63, 3.8) is 0 Å². The summed E-state index contributed by atoms with van der Waals surface area (Å²) in [7, 11) is 0. The van der Waals surface area contributed by atoms with Crippen LogP contribution in [0.25, 0.3) is 11.3 Å². The van der Waals surface area contributed by atoms with Gasteiger partial charge in [0.05, 0.1) is 5.70 Å². The Hall–Kier alpha value is -2.48. The number of benzene rings is 2. The van der Waals surface area contributed by atoms with E-state index in [2.05, 4.69) is 61.5 Å². The number of ketones is 1. The minimum absolute atomic E-state index is 0.227. The van der Waals surface area contributed by atoms with Gasteiger partial charge in [-0.15, -0.1) is 0 Å².